The standard InChI is InChI=1S/C17H34O4/c1-9-11(18)10(2)15(3,4)13(20)17(7,8)14(21)16(5,6)12(9)19/h9-14,18-21H,1-8H3. The van der Waals surface area contributed by atoms with Crippen molar-refractivity contribution >= 4 is 0 Å². The molecule has 0 spiro atoms. The van der Waals surface area contributed by atoms with Gasteiger partial charge in [0.2, 0.25) is 0 Å². The van der Waals surface area contributed by atoms with Gasteiger partial charge in [0.15, 0.2) is 0 Å². The van der Waals surface area contributed by atoms with E-state index in [4.69, 9.17) is 0 Å². The van der Waals surface area contributed by atoms with Crippen LogP contribution in [-0.2, 0) is 0 Å². The first kappa shape index (κ1) is 18.9. The summed E-state index contributed by atoms with van der Waals surface area (Å²) in [7, 11) is 0. The van der Waals surface area contributed by atoms with E-state index in [9.17, 15) is 20.4 Å². The van der Waals surface area contributed by atoms with Gasteiger partial charge in [0.05, 0.1) is 24.4 Å². The third-order valence-electron chi connectivity index (χ3n) is 6.30. The third-order valence-corrected chi connectivity index (χ3v) is 6.30. The fraction of sp³-hybridized carbons (Fsp3) is 1.00. The van der Waals surface area contributed by atoms with Gasteiger partial charge in [-0.05, 0) is 11.3 Å². The first-order chi connectivity index (χ1) is 9.20. The van der Waals surface area contributed by atoms with Crippen molar-refractivity contribution in [1.82, 2.24) is 0 Å². The summed E-state index contributed by atoms with van der Waals surface area (Å²) in [5.41, 5.74) is -2.21. The zero-order chi connectivity index (χ0) is 17.0. The fourth-order valence-electron chi connectivity index (χ4n) is 4.24. The number of aliphatic hydroxyl groups is 4. The average Bonchev–Trinajstić information content (AvgIpc) is 2.41. The lowest BCUT2D eigenvalue weighted by Gasteiger charge is -2.49. The molecule has 21 heavy (non-hydrogen) atoms. The second-order valence-electron chi connectivity index (χ2n) is 8.85. The molecular formula is C17H34O4. The van der Waals surface area contributed by atoms with Gasteiger partial charge >= 0.3 is 0 Å². The first-order valence-corrected chi connectivity index (χ1v) is 7.92. The highest BCUT2D eigenvalue weighted by Gasteiger charge is 2.56. The lowest BCUT2D eigenvalue weighted by molar-refractivity contribution is -0.162. The molecular weight excluding hydrogens is 268 g/mol. The van der Waals surface area contributed by atoms with Crippen molar-refractivity contribution in [3.8, 4) is 0 Å². The van der Waals surface area contributed by atoms with E-state index in [0.29, 0.717) is 0 Å². The van der Waals surface area contributed by atoms with Crippen LogP contribution >= 0.6 is 0 Å². The second kappa shape index (κ2) is 5.48. The topological polar surface area (TPSA) is 80.9 Å². The Bertz CT molecular complexity index is 341. The van der Waals surface area contributed by atoms with Crippen molar-refractivity contribution < 1.29 is 20.4 Å². The molecule has 1 rings (SSSR count). The van der Waals surface area contributed by atoms with Crippen LogP contribution in [0.2, 0.25) is 0 Å². The van der Waals surface area contributed by atoms with Gasteiger partial charge in [-0.15, -0.1) is 0 Å². The van der Waals surface area contributed by atoms with E-state index < -0.39 is 40.7 Å². The smallest absolute Gasteiger partial charge is 0.0691 e. The number of hydrogen-bond donors (Lipinski definition) is 4. The van der Waals surface area contributed by atoms with Crippen LogP contribution in [0.4, 0.5) is 0 Å². The summed E-state index contributed by atoms with van der Waals surface area (Å²) in [4.78, 5) is 0. The summed E-state index contributed by atoms with van der Waals surface area (Å²) >= 11 is 0. The Balaban J connectivity index is 3.49. The number of rotatable bonds is 0. The summed E-state index contributed by atoms with van der Waals surface area (Å²) in [5.74, 6) is -0.595. The predicted octanol–water partition coefficient (Wildman–Crippen LogP) is 1.79. The Morgan fingerprint density at radius 2 is 1.00 bits per heavy atom. The van der Waals surface area contributed by atoms with Gasteiger partial charge in [-0.1, -0.05) is 55.4 Å². The predicted molar refractivity (Wildman–Crippen MR) is 83.7 cm³/mol. The second-order valence-corrected chi connectivity index (χ2v) is 8.85. The molecule has 1 aliphatic carbocycles. The van der Waals surface area contributed by atoms with Gasteiger partial charge in [-0.2, -0.15) is 0 Å². The van der Waals surface area contributed by atoms with Gasteiger partial charge in [0.1, 0.15) is 0 Å². The highest BCUT2D eigenvalue weighted by atomic mass is 16.3. The molecule has 0 aromatic heterocycles. The molecule has 4 nitrogen and oxygen atoms in total. The highest BCUT2D eigenvalue weighted by Crippen LogP contribution is 2.50. The molecule has 6 unspecified atom stereocenters. The summed E-state index contributed by atoms with van der Waals surface area (Å²) in [5, 5.41) is 43.1. The Kier molecular flexibility index (Phi) is 4.93. The van der Waals surface area contributed by atoms with Crippen LogP contribution in [0.3, 0.4) is 0 Å². The molecule has 4 N–H and O–H groups in total. The normalized spacial score (nSPS) is 46.3. The lowest BCUT2D eigenvalue weighted by atomic mass is 9.60. The van der Waals surface area contributed by atoms with E-state index in [-0.39, 0.29) is 11.8 Å². The van der Waals surface area contributed by atoms with Gasteiger partial charge < -0.3 is 20.4 Å². The van der Waals surface area contributed by atoms with E-state index in [0.717, 1.165) is 0 Å². The van der Waals surface area contributed by atoms with Gasteiger partial charge in [0, 0.05) is 16.7 Å². The van der Waals surface area contributed by atoms with E-state index in [1.165, 1.54) is 0 Å². The average molecular weight is 302 g/mol. The highest BCUT2D eigenvalue weighted by molar-refractivity contribution is 5.05. The molecule has 0 heterocycles. The van der Waals surface area contributed by atoms with E-state index in [1.807, 2.05) is 34.6 Å². The number of aliphatic hydroxyl groups excluding tert-OH is 4. The molecule has 0 bridgehead atoms. The van der Waals surface area contributed by atoms with Crippen LogP contribution < -0.4 is 0 Å². The van der Waals surface area contributed by atoms with Crippen LogP contribution in [0, 0.1) is 28.1 Å². The first-order valence-electron chi connectivity index (χ1n) is 7.92. The van der Waals surface area contributed by atoms with Crippen molar-refractivity contribution in [2.75, 3.05) is 0 Å². The van der Waals surface area contributed by atoms with Crippen LogP contribution in [0.5, 0.6) is 0 Å². The fourth-order valence-corrected chi connectivity index (χ4v) is 4.24. The molecule has 0 radical (unpaired) electrons. The molecule has 1 fully saturated rings. The SMILES string of the molecule is CC1C(O)C(C)C(C)(C)C(O)C(C)(C)C(O)C(C)(C)C1O. The minimum Gasteiger partial charge on any atom is -0.392 e. The molecule has 4 heteroatoms. The van der Waals surface area contributed by atoms with Crippen LogP contribution in [-0.4, -0.2) is 44.8 Å². The zero-order valence-electron chi connectivity index (χ0n) is 14.8. The van der Waals surface area contributed by atoms with Crippen molar-refractivity contribution in [3.05, 3.63) is 0 Å². The Hall–Kier alpha value is -0.160. The van der Waals surface area contributed by atoms with E-state index >= 15 is 0 Å². The van der Waals surface area contributed by atoms with Crippen LogP contribution in [0.1, 0.15) is 55.4 Å². The Labute approximate surface area is 129 Å². The molecule has 1 aliphatic rings. The zero-order valence-corrected chi connectivity index (χ0v) is 14.8. The summed E-state index contributed by atoms with van der Waals surface area (Å²) < 4.78 is 0. The summed E-state index contributed by atoms with van der Waals surface area (Å²) in [6, 6.07) is 0. The van der Waals surface area contributed by atoms with Crippen molar-refractivity contribution in [2.24, 2.45) is 28.1 Å². The minimum atomic E-state index is -0.894. The van der Waals surface area contributed by atoms with Gasteiger partial charge in [-0.25, -0.2) is 0 Å². The van der Waals surface area contributed by atoms with Gasteiger partial charge in [-0.3, -0.25) is 0 Å². The molecule has 126 valence electrons. The molecule has 6 atom stereocenters. The van der Waals surface area contributed by atoms with E-state index in [1.54, 1.807) is 20.8 Å². The molecule has 0 aromatic rings. The number of hydrogen-bond acceptors (Lipinski definition) is 4. The Morgan fingerprint density at radius 1 is 0.619 bits per heavy atom. The maximum Gasteiger partial charge on any atom is 0.0691 e. The van der Waals surface area contributed by atoms with Crippen LogP contribution in [0.25, 0.3) is 0 Å². The van der Waals surface area contributed by atoms with Crippen molar-refractivity contribution in [3.63, 3.8) is 0 Å². The minimum absolute atomic E-state index is 0.211. The summed E-state index contributed by atoms with van der Waals surface area (Å²) in [6.07, 6.45) is -3.30. The molecule has 0 aromatic carbocycles. The quantitative estimate of drug-likeness (QED) is 0.550. The molecule has 0 saturated heterocycles. The van der Waals surface area contributed by atoms with Crippen molar-refractivity contribution in [1.29, 1.82) is 0 Å². The third kappa shape index (κ3) is 2.76. The maximum absolute atomic E-state index is 10.9. The van der Waals surface area contributed by atoms with Crippen LogP contribution in [0.15, 0.2) is 0 Å². The Morgan fingerprint density at radius 3 is 1.43 bits per heavy atom. The molecule has 0 aliphatic heterocycles. The van der Waals surface area contributed by atoms with Crippen molar-refractivity contribution in [2.45, 2.75) is 79.8 Å². The largest absolute Gasteiger partial charge is 0.392 e. The van der Waals surface area contributed by atoms with E-state index in [2.05, 4.69) is 0 Å². The lowest BCUT2D eigenvalue weighted by Crippen LogP contribution is -2.56. The summed E-state index contributed by atoms with van der Waals surface area (Å²) in [6.45, 7) is 14.8. The molecule has 0 amide bonds. The monoisotopic (exact) mass is 302 g/mol. The maximum atomic E-state index is 10.9. The van der Waals surface area contributed by atoms with Gasteiger partial charge in [0.25, 0.3) is 0 Å². The molecule has 1 saturated carbocycles.